The number of nitrogens with zero attached hydrogens (tertiary/aromatic N) is 2. The van der Waals surface area contributed by atoms with Gasteiger partial charge >= 0.3 is 0 Å². The van der Waals surface area contributed by atoms with E-state index in [4.69, 9.17) is 0 Å². The van der Waals surface area contributed by atoms with E-state index < -0.39 is 0 Å². The molecule has 4 rings (SSSR count). The quantitative estimate of drug-likeness (QED) is 0.877. The number of para-hydroxylation sites is 1. The summed E-state index contributed by atoms with van der Waals surface area (Å²) in [6.45, 7) is 4.25. The molecule has 1 aliphatic carbocycles. The van der Waals surface area contributed by atoms with Crippen molar-refractivity contribution >= 4 is 11.6 Å². The van der Waals surface area contributed by atoms with Gasteiger partial charge in [0.25, 0.3) is 5.91 Å². The Kier molecular flexibility index (Phi) is 5.03. The summed E-state index contributed by atoms with van der Waals surface area (Å²) < 4.78 is 0. The number of likely N-dealkylation sites (N-methyl/N-ethyl adjacent to an activating group) is 1. The standard InChI is InChI=1S/C22H27N3O2/c1-24-11-13-25(14-12-24)20-7-4-5-16-9-10-17(15-19(16)20)23-22(27)18-6-2-3-8-21(18)26/h2-8,17,26H,9-15H2,1H3,(H,23,27)/t17-/m1/s1. The third-order valence-electron chi connectivity index (χ3n) is 5.79. The second-order valence-corrected chi connectivity index (χ2v) is 7.64. The Bertz CT molecular complexity index is 828. The average Bonchev–Trinajstić information content (AvgIpc) is 2.68. The number of phenolic OH excluding ortho intramolecular Hbond substituents is 1. The molecule has 0 aromatic heterocycles. The van der Waals surface area contributed by atoms with Crippen molar-refractivity contribution in [3.8, 4) is 5.75 Å². The van der Waals surface area contributed by atoms with Gasteiger partial charge < -0.3 is 20.2 Å². The molecule has 5 nitrogen and oxygen atoms in total. The van der Waals surface area contributed by atoms with Crippen LogP contribution in [0.25, 0.3) is 0 Å². The van der Waals surface area contributed by atoms with Crippen molar-refractivity contribution in [1.29, 1.82) is 0 Å². The van der Waals surface area contributed by atoms with Crippen LogP contribution in [0.5, 0.6) is 5.75 Å². The number of aryl methyl sites for hydroxylation is 1. The highest BCUT2D eigenvalue weighted by molar-refractivity contribution is 5.97. The first-order chi connectivity index (χ1) is 13.1. The van der Waals surface area contributed by atoms with Crippen molar-refractivity contribution in [2.75, 3.05) is 38.1 Å². The van der Waals surface area contributed by atoms with Crippen LogP contribution in [0.1, 0.15) is 27.9 Å². The largest absolute Gasteiger partial charge is 0.507 e. The molecule has 0 saturated carbocycles. The number of nitrogens with one attached hydrogen (secondary N) is 1. The number of fused-ring (bicyclic) bond motifs is 1. The summed E-state index contributed by atoms with van der Waals surface area (Å²) in [7, 11) is 2.17. The molecule has 27 heavy (non-hydrogen) atoms. The van der Waals surface area contributed by atoms with Crippen molar-refractivity contribution in [3.63, 3.8) is 0 Å². The normalized spacial score (nSPS) is 20.2. The third kappa shape index (κ3) is 3.78. The smallest absolute Gasteiger partial charge is 0.255 e. The highest BCUT2D eigenvalue weighted by Crippen LogP contribution is 2.31. The van der Waals surface area contributed by atoms with E-state index in [0.29, 0.717) is 5.56 Å². The number of amides is 1. The molecule has 1 amide bonds. The number of hydrogen-bond acceptors (Lipinski definition) is 4. The predicted molar refractivity (Wildman–Crippen MR) is 108 cm³/mol. The number of phenols is 1. The third-order valence-corrected chi connectivity index (χ3v) is 5.79. The van der Waals surface area contributed by atoms with Crippen molar-refractivity contribution < 1.29 is 9.90 Å². The van der Waals surface area contributed by atoms with Crippen LogP contribution in [0, 0.1) is 0 Å². The van der Waals surface area contributed by atoms with Crippen LogP contribution in [-0.4, -0.2) is 55.2 Å². The van der Waals surface area contributed by atoms with Crippen LogP contribution in [0.3, 0.4) is 0 Å². The molecule has 0 unspecified atom stereocenters. The Morgan fingerprint density at radius 2 is 1.85 bits per heavy atom. The van der Waals surface area contributed by atoms with Gasteiger partial charge in [-0.3, -0.25) is 4.79 Å². The second kappa shape index (κ2) is 7.61. The van der Waals surface area contributed by atoms with E-state index in [-0.39, 0.29) is 17.7 Å². The Labute approximate surface area is 160 Å². The van der Waals surface area contributed by atoms with E-state index in [9.17, 15) is 9.90 Å². The number of carbonyl (C=O) groups is 1. The molecule has 2 aromatic rings. The minimum atomic E-state index is -0.196. The molecular formula is C22H27N3O2. The second-order valence-electron chi connectivity index (χ2n) is 7.64. The van der Waals surface area contributed by atoms with Crippen LogP contribution >= 0.6 is 0 Å². The molecule has 1 aliphatic heterocycles. The van der Waals surface area contributed by atoms with E-state index in [1.807, 2.05) is 0 Å². The van der Waals surface area contributed by atoms with Crippen molar-refractivity contribution in [1.82, 2.24) is 10.2 Å². The maximum absolute atomic E-state index is 12.6. The van der Waals surface area contributed by atoms with Crippen LogP contribution in [0.15, 0.2) is 42.5 Å². The Morgan fingerprint density at radius 3 is 2.63 bits per heavy atom. The van der Waals surface area contributed by atoms with Gasteiger partial charge in [0.2, 0.25) is 0 Å². The fourth-order valence-electron chi connectivity index (χ4n) is 4.16. The predicted octanol–water partition coefficient (Wildman–Crippen LogP) is 2.43. The summed E-state index contributed by atoms with van der Waals surface area (Å²) in [5, 5.41) is 13.1. The van der Waals surface area contributed by atoms with Crippen molar-refractivity contribution in [2.45, 2.75) is 25.3 Å². The van der Waals surface area contributed by atoms with E-state index in [1.54, 1.807) is 24.3 Å². The number of anilines is 1. The topological polar surface area (TPSA) is 55.8 Å². The van der Waals surface area contributed by atoms with Crippen LogP contribution in [0.2, 0.25) is 0 Å². The molecule has 0 bridgehead atoms. The van der Waals surface area contributed by atoms with Gasteiger partial charge in [-0.25, -0.2) is 0 Å². The van der Waals surface area contributed by atoms with E-state index >= 15 is 0 Å². The number of piperazine rings is 1. The summed E-state index contributed by atoms with van der Waals surface area (Å²) in [6, 6.07) is 13.4. The van der Waals surface area contributed by atoms with Gasteiger partial charge in [0, 0.05) is 37.9 Å². The lowest BCUT2D eigenvalue weighted by Gasteiger charge is -2.37. The first kappa shape index (κ1) is 17.9. The number of rotatable bonds is 3. The summed E-state index contributed by atoms with van der Waals surface area (Å²) in [5.74, 6) is -0.164. The van der Waals surface area contributed by atoms with Crippen LogP contribution in [-0.2, 0) is 12.8 Å². The molecule has 2 aromatic carbocycles. The van der Waals surface area contributed by atoms with Gasteiger partial charge in [-0.2, -0.15) is 0 Å². The zero-order chi connectivity index (χ0) is 18.8. The van der Waals surface area contributed by atoms with Gasteiger partial charge in [0.15, 0.2) is 0 Å². The minimum Gasteiger partial charge on any atom is -0.507 e. The lowest BCUT2D eigenvalue weighted by molar-refractivity contribution is 0.0931. The maximum Gasteiger partial charge on any atom is 0.255 e. The molecule has 1 fully saturated rings. The van der Waals surface area contributed by atoms with Gasteiger partial charge in [0.05, 0.1) is 5.56 Å². The molecule has 5 heteroatoms. The first-order valence-electron chi connectivity index (χ1n) is 9.75. The van der Waals surface area contributed by atoms with E-state index in [0.717, 1.165) is 45.4 Å². The summed E-state index contributed by atoms with van der Waals surface area (Å²) in [5.41, 5.74) is 4.44. The monoisotopic (exact) mass is 365 g/mol. The molecule has 142 valence electrons. The number of aromatic hydroxyl groups is 1. The molecule has 1 saturated heterocycles. The molecule has 0 radical (unpaired) electrons. The summed E-state index contributed by atoms with van der Waals surface area (Å²) in [4.78, 5) is 17.4. The first-order valence-corrected chi connectivity index (χ1v) is 9.75. The van der Waals surface area contributed by atoms with Gasteiger partial charge in [-0.15, -0.1) is 0 Å². The highest BCUT2D eigenvalue weighted by atomic mass is 16.3. The van der Waals surface area contributed by atoms with Gasteiger partial charge in [-0.05, 0) is 55.6 Å². The lowest BCUT2D eigenvalue weighted by Crippen LogP contribution is -2.45. The molecule has 1 heterocycles. The molecule has 2 aliphatic rings. The van der Waals surface area contributed by atoms with E-state index in [1.165, 1.54) is 16.8 Å². The Hall–Kier alpha value is -2.53. The molecule has 0 spiro atoms. The maximum atomic E-state index is 12.6. The van der Waals surface area contributed by atoms with Gasteiger partial charge in [-0.1, -0.05) is 24.3 Å². The fraction of sp³-hybridized carbons (Fsp3) is 0.409. The van der Waals surface area contributed by atoms with Crippen molar-refractivity contribution in [3.05, 3.63) is 59.2 Å². The lowest BCUT2D eigenvalue weighted by atomic mass is 9.86. The fourth-order valence-corrected chi connectivity index (χ4v) is 4.16. The zero-order valence-electron chi connectivity index (χ0n) is 15.8. The average molecular weight is 365 g/mol. The minimum absolute atomic E-state index is 0.0318. The number of benzene rings is 2. The Balaban J connectivity index is 1.51. The SMILES string of the molecule is CN1CCN(c2cccc3c2C[C@H](NC(=O)c2ccccc2O)CC3)CC1. The molecular weight excluding hydrogens is 338 g/mol. The van der Waals surface area contributed by atoms with Crippen LogP contribution < -0.4 is 10.2 Å². The Morgan fingerprint density at radius 1 is 1.07 bits per heavy atom. The zero-order valence-corrected chi connectivity index (χ0v) is 15.8. The molecule has 1 atom stereocenters. The summed E-state index contributed by atoms with van der Waals surface area (Å²) >= 11 is 0. The van der Waals surface area contributed by atoms with Crippen LogP contribution in [0.4, 0.5) is 5.69 Å². The highest BCUT2D eigenvalue weighted by Gasteiger charge is 2.26. The van der Waals surface area contributed by atoms with Gasteiger partial charge in [0.1, 0.15) is 5.75 Å². The number of hydrogen-bond donors (Lipinski definition) is 2. The number of carbonyl (C=O) groups excluding carboxylic acids is 1. The molecule has 2 N–H and O–H groups in total. The van der Waals surface area contributed by atoms with Crippen molar-refractivity contribution in [2.24, 2.45) is 0 Å². The van der Waals surface area contributed by atoms with E-state index in [2.05, 4.69) is 40.4 Å². The summed E-state index contributed by atoms with van der Waals surface area (Å²) in [6.07, 6.45) is 2.75.